The summed E-state index contributed by atoms with van der Waals surface area (Å²) in [4.78, 5) is 13.5. The van der Waals surface area contributed by atoms with Crippen molar-refractivity contribution in [3.05, 3.63) is 61.2 Å². The number of hydrogen-bond donors (Lipinski definition) is 1. The van der Waals surface area contributed by atoms with Crippen LogP contribution in [0, 0.1) is 0 Å². The molecule has 0 spiro atoms. The fraction of sp³-hybridized carbons (Fsp3) is 0.133. The molecule has 2 N–H and O–H groups in total. The second-order valence-electron chi connectivity index (χ2n) is 3.82. The summed E-state index contributed by atoms with van der Waals surface area (Å²) in [7, 11) is 0. The maximum absolute atomic E-state index is 11.9. The Balaban J connectivity index is 2.72. The van der Waals surface area contributed by atoms with Gasteiger partial charge in [0.1, 0.15) is 0 Å². The average Bonchev–Trinajstić information content (AvgIpc) is 2.36. The van der Waals surface area contributed by atoms with Crippen LogP contribution in [0.5, 0.6) is 0 Å². The smallest absolute Gasteiger partial charge is 0.247 e. The van der Waals surface area contributed by atoms with E-state index in [0.29, 0.717) is 18.8 Å². The largest absolute Gasteiger partial charge is 0.399 e. The van der Waals surface area contributed by atoms with Gasteiger partial charge in [0.05, 0.1) is 0 Å². The van der Waals surface area contributed by atoms with E-state index >= 15 is 0 Å². The molecule has 1 rings (SSSR count). The lowest BCUT2D eigenvalue weighted by Crippen LogP contribution is -2.29. The van der Waals surface area contributed by atoms with Gasteiger partial charge in [-0.05, 0) is 23.8 Å². The molecule has 3 nitrogen and oxygen atoms in total. The standard InChI is InChI=1S/C15H18N2O/c1-3-10-17(11-4-2)15(18)9-8-13-6-5-7-14(16)12-13/h3-9,12H,1-2,10-11,16H2/b9-8+. The molecule has 1 aromatic rings. The van der Waals surface area contributed by atoms with Crippen molar-refractivity contribution in [1.82, 2.24) is 4.90 Å². The summed E-state index contributed by atoms with van der Waals surface area (Å²) in [5.74, 6) is -0.0720. The molecule has 18 heavy (non-hydrogen) atoms. The zero-order valence-electron chi connectivity index (χ0n) is 10.4. The Morgan fingerprint density at radius 2 is 1.94 bits per heavy atom. The van der Waals surface area contributed by atoms with Gasteiger partial charge in [-0.25, -0.2) is 0 Å². The SMILES string of the molecule is C=CCN(CC=C)C(=O)/C=C/c1cccc(N)c1. The normalized spacial score (nSPS) is 10.2. The molecule has 1 aromatic carbocycles. The number of hydrogen-bond acceptors (Lipinski definition) is 2. The molecule has 0 fully saturated rings. The lowest BCUT2D eigenvalue weighted by atomic mass is 10.2. The molecule has 0 aliphatic heterocycles. The highest BCUT2D eigenvalue weighted by Gasteiger charge is 2.05. The highest BCUT2D eigenvalue weighted by atomic mass is 16.2. The molecule has 0 saturated heterocycles. The van der Waals surface area contributed by atoms with Gasteiger partial charge in [-0.2, -0.15) is 0 Å². The van der Waals surface area contributed by atoms with Gasteiger partial charge in [-0.1, -0.05) is 24.3 Å². The van der Waals surface area contributed by atoms with E-state index in [4.69, 9.17) is 5.73 Å². The number of benzene rings is 1. The van der Waals surface area contributed by atoms with E-state index in [2.05, 4.69) is 13.2 Å². The molecule has 0 bridgehead atoms. The minimum Gasteiger partial charge on any atom is -0.399 e. The molecule has 0 atom stereocenters. The van der Waals surface area contributed by atoms with Gasteiger partial charge < -0.3 is 10.6 Å². The lowest BCUT2D eigenvalue weighted by Gasteiger charge is -2.16. The van der Waals surface area contributed by atoms with E-state index in [0.717, 1.165) is 5.56 Å². The lowest BCUT2D eigenvalue weighted by molar-refractivity contribution is -0.124. The molecule has 94 valence electrons. The van der Waals surface area contributed by atoms with Crippen LogP contribution in [0.25, 0.3) is 6.08 Å². The van der Waals surface area contributed by atoms with Crippen LogP contribution < -0.4 is 5.73 Å². The van der Waals surface area contributed by atoms with E-state index in [1.54, 1.807) is 29.2 Å². The summed E-state index contributed by atoms with van der Waals surface area (Å²) in [5, 5.41) is 0. The Kier molecular flexibility index (Phi) is 5.45. The first-order valence-electron chi connectivity index (χ1n) is 5.71. The molecule has 0 aliphatic rings. The van der Waals surface area contributed by atoms with Crippen molar-refractivity contribution in [3.8, 4) is 0 Å². The number of nitrogens with two attached hydrogens (primary N) is 1. The number of rotatable bonds is 6. The van der Waals surface area contributed by atoms with Crippen molar-refractivity contribution in [2.24, 2.45) is 0 Å². The Hall–Kier alpha value is -2.29. The Morgan fingerprint density at radius 3 is 2.50 bits per heavy atom. The van der Waals surface area contributed by atoms with Crippen LogP contribution >= 0.6 is 0 Å². The van der Waals surface area contributed by atoms with Crippen molar-refractivity contribution >= 4 is 17.7 Å². The molecule has 0 radical (unpaired) electrons. The maximum Gasteiger partial charge on any atom is 0.247 e. The van der Waals surface area contributed by atoms with Crippen molar-refractivity contribution in [2.45, 2.75) is 0 Å². The van der Waals surface area contributed by atoms with Gasteiger partial charge in [0.25, 0.3) is 0 Å². The zero-order valence-corrected chi connectivity index (χ0v) is 10.4. The maximum atomic E-state index is 11.9. The topological polar surface area (TPSA) is 46.3 Å². The monoisotopic (exact) mass is 242 g/mol. The molecular weight excluding hydrogens is 224 g/mol. The number of amides is 1. The van der Waals surface area contributed by atoms with Crippen molar-refractivity contribution in [2.75, 3.05) is 18.8 Å². The zero-order chi connectivity index (χ0) is 13.4. The first-order chi connectivity index (χ1) is 8.67. The van der Waals surface area contributed by atoms with Gasteiger partial charge in [0.2, 0.25) is 5.91 Å². The third kappa shape index (κ3) is 4.29. The third-order valence-corrected chi connectivity index (χ3v) is 2.34. The van der Waals surface area contributed by atoms with Crippen LogP contribution in [-0.2, 0) is 4.79 Å². The minimum absolute atomic E-state index is 0.0720. The molecular formula is C15H18N2O. The van der Waals surface area contributed by atoms with Gasteiger partial charge >= 0.3 is 0 Å². The Morgan fingerprint density at radius 1 is 1.28 bits per heavy atom. The van der Waals surface area contributed by atoms with Crippen LogP contribution in [0.15, 0.2) is 55.7 Å². The van der Waals surface area contributed by atoms with Crippen molar-refractivity contribution in [3.63, 3.8) is 0 Å². The first kappa shape index (κ1) is 13.8. The van der Waals surface area contributed by atoms with E-state index in [1.807, 2.05) is 18.2 Å². The number of nitrogens with zero attached hydrogens (tertiary/aromatic N) is 1. The van der Waals surface area contributed by atoms with E-state index in [9.17, 15) is 4.79 Å². The molecule has 0 aliphatic carbocycles. The molecule has 0 unspecified atom stereocenters. The second-order valence-corrected chi connectivity index (χ2v) is 3.82. The number of carbonyl (C=O) groups is 1. The molecule has 1 amide bonds. The average molecular weight is 242 g/mol. The Labute approximate surface area is 108 Å². The van der Waals surface area contributed by atoms with Crippen LogP contribution in [0.4, 0.5) is 5.69 Å². The van der Waals surface area contributed by atoms with Crippen LogP contribution in [0.1, 0.15) is 5.56 Å². The van der Waals surface area contributed by atoms with E-state index in [1.165, 1.54) is 6.08 Å². The van der Waals surface area contributed by atoms with Gasteiger partial charge in [0, 0.05) is 24.9 Å². The Bertz CT molecular complexity index is 453. The number of carbonyl (C=O) groups excluding carboxylic acids is 1. The molecule has 0 heterocycles. The third-order valence-electron chi connectivity index (χ3n) is 2.34. The summed E-state index contributed by atoms with van der Waals surface area (Å²) in [6.45, 7) is 8.26. The molecule has 0 aromatic heterocycles. The summed E-state index contributed by atoms with van der Waals surface area (Å²) in [6, 6.07) is 7.37. The fourth-order valence-corrected chi connectivity index (χ4v) is 1.50. The van der Waals surface area contributed by atoms with Gasteiger partial charge in [-0.3, -0.25) is 4.79 Å². The number of anilines is 1. The fourth-order valence-electron chi connectivity index (χ4n) is 1.50. The van der Waals surface area contributed by atoms with Gasteiger partial charge in [-0.15, -0.1) is 13.2 Å². The number of nitrogen functional groups attached to an aromatic ring is 1. The van der Waals surface area contributed by atoms with Crippen LogP contribution in [-0.4, -0.2) is 23.9 Å². The summed E-state index contributed by atoms with van der Waals surface area (Å²) in [6.07, 6.45) is 6.66. The summed E-state index contributed by atoms with van der Waals surface area (Å²) in [5.41, 5.74) is 7.25. The van der Waals surface area contributed by atoms with Crippen LogP contribution in [0.2, 0.25) is 0 Å². The van der Waals surface area contributed by atoms with Gasteiger partial charge in [0.15, 0.2) is 0 Å². The highest BCUT2D eigenvalue weighted by molar-refractivity contribution is 5.92. The highest BCUT2D eigenvalue weighted by Crippen LogP contribution is 2.08. The minimum atomic E-state index is -0.0720. The quantitative estimate of drug-likeness (QED) is 0.473. The first-order valence-corrected chi connectivity index (χ1v) is 5.71. The summed E-state index contributed by atoms with van der Waals surface area (Å²) < 4.78 is 0. The summed E-state index contributed by atoms with van der Waals surface area (Å²) >= 11 is 0. The van der Waals surface area contributed by atoms with Crippen molar-refractivity contribution < 1.29 is 4.79 Å². The van der Waals surface area contributed by atoms with E-state index in [-0.39, 0.29) is 5.91 Å². The predicted octanol–water partition coefficient (Wildman–Crippen LogP) is 2.48. The van der Waals surface area contributed by atoms with E-state index < -0.39 is 0 Å². The molecule has 3 heteroatoms. The van der Waals surface area contributed by atoms with Crippen molar-refractivity contribution in [1.29, 1.82) is 0 Å². The van der Waals surface area contributed by atoms with Crippen LogP contribution in [0.3, 0.4) is 0 Å². The second kappa shape index (κ2) is 7.12. The molecule has 0 saturated carbocycles. The predicted molar refractivity (Wildman–Crippen MR) is 76.9 cm³/mol.